The predicted octanol–water partition coefficient (Wildman–Crippen LogP) is 3.30. The fourth-order valence-corrected chi connectivity index (χ4v) is 0.676. The summed E-state index contributed by atoms with van der Waals surface area (Å²) in [5.41, 5.74) is 30.3. The van der Waals surface area contributed by atoms with E-state index in [0.29, 0.717) is 15.4 Å². The molecule has 0 unspecified atom stereocenters. The zero-order valence-electron chi connectivity index (χ0n) is 6.17. The third-order valence-electron chi connectivity index (χ3n) is 0.287. The van der Waals surface area contributed by atoms with Gasteiger partial charge in [-0.25, -0.2) is 0 Å². The molecule has 0 saturated carbocycles. The van der Waals surface area contributed by atoms with E-state index >= 15 is 0 Å². The van der Waals surface area contributed by atoms with Crippen LogP contribution in [0, 0.1) is 0 Å². The van der Waals surface area contributed by atoms with Gasteiger partial charge in [0.15, 0.2) is 0 Å². The molecule has 0 N–H and O–H groups in total. The summed E-state index contributed by atoms with van der Waals surface area (Å²) >= 11 is -1.04. The summed E-state index contributed by atoms with van der Waals surface area (Å²) in [6.07, 6.45) is 0. The molecule has 0 rings (SSSR count). The average molecular weight is 455 g/mol. The molecule has 0 spiro atoms. The molecule has 2 radical (unpaired) electrons. The third-order valence-corrected chi connectivity index (χ3v) is 2.01. The second kappa shape index (κ2) is 23.0. The molecule has 0 aromatic heterocycles. The summed E-state index contributed by atoms with van der Waals surface area (Å²) in [7, 11) is 0. The molecule has 0 saturated heterocycles. The number of hydrogen-bond donors (Lipinski definition) is 0. The van der Waals surface area contributed by atoms with Crippen molar-refractivity contribution in [2.24, 2.45) is 14.1 Å². The minimum atomic E-state index is -1.58. The van der Waals surface area contributed by atoms with E-state index in [0.717, 1.165) is 0 Å². The van der Waals surface area contributed by atoms with Gasteiger partial charge < -0.3 is 0 Å². The Labute approximate surface area is 103 Å². The van der Waals surface area contributed by atoms with Crippen LogP contribution in [-0.2, 0) is 15.4 Å². The van der Waals surface area contributed by atoms with Crippen LogP contribution in [0.1, 0.15) is 7.43 Å². The van der Waals surface area contributed by atoms with Gasteiger partial charge in [0.25, 0.3) is 0 Å². The summed E-state index contributed by atoms with van der Waals surface area (Å²) in [5, 5.41) is 0. The average Bonchev–Trinajstić information content (AvgIpc) is 2.21. The molecule has 0 aliphatic rings. The molecule has 0 aromatic rings. The molecule has 83 valence electrons. The van der Waals surface area contributed by atoms with Crippen molar-refractivity contribution in [2.45, 2.75) is 7.43 Å². The Hall–Kier alpha value is -1.32. The van der Waals surface area contributed by atoms with Crippen molar-refractivity contribution in [3.63, 3.8) is 0 Å². The van der Waals surface area contributed by atoms with Gasteiger partial charge in [-0.15, -0.1) is 0 Å². The van der Waals surface area contributed by atoms with Gasteiger partial charge in [0, 0.05) is 0 Å². The third kappa shape index (κ3) is 32.4. The molecule has 0 atom stereocenters. The van der Waals surface area contributed by atoms with E-state index in [1.165, 1.54) is 0 Å². The van der Waals surface area contributed by atoms with Crippen LogP contribution in [0.25, 0.3) is 41.8 Å². The number of azide groups is 2. The Balaban J connectivity index is -0.000000180. The zero-order chi connectivity index (χ0) is 11.1. The Bertz CT molecular complexity index is 256. The van der Waals surface area contributed by atoms with Crippen molar-refractivity contribution >= 4 is 24.8 Å². The van der Waals surface area contributed by atoms with Crippen molar-refractivity contribution in [1.29, 1.82) is 0 Å². The molecule has 0 amide bonds. The second-order valence-corrected chi connectivity index (χ2v) is 3.74. The summed E-state index contributed by atoms with van der Waals surface area (Å²) in [5.74, 6) is 0. The van der Waals surface area contributed by atoms with Crippen LogP contribution in [0.4, 0.5) is 0 Å². The zero-order valence-corrected chi connectivity index (χ0v) is 11.0. The molecule has 0 heterocycles. The van der Waals surface area contributed by atoms with Gasteiger partial charge in [0.1, 0.15) is 0 Å². The molecular weight excluding hydrogens is 451 g/mol. The van der Waals surface area contributed by atoms with E-state index < -0.39 is 24.8 Å². The van der Waals surface area contributed by atoms with Crippen LogP contribution < -0.4 is 0 Å². The second-order valence-electron chi connectivity index (χ2n) is 0.839. The molecule has 0 bridgehead atoms. The van der Waals surface area contributed by atoms with Crippen LogP contribution in [-0.4, -0.2) is 24.8 Å². The van der Waals surface area contributed by atoms with Crippen molar-refractivity contribution in [3.05, 3.63) is 41.8 Å². The summed E-state index contributed by atoms with van der Waals surface area (Å²) in [4.78, 5) is 9.42. The number of hydrogen-bond acceptors (Lipinski definition) is 4. The van der Waals surface area contributed by atoms with Crippen molar-refractivity contribution in [3.8, 4) is 0 Å². The summed E-state index contributed by atoms with van der Waals surface area (Å²) in [6, 6.07) is 0. The van der Waals surface area contributed by atoms with E-state index in [1.54, 1.807) is 0 Å². The van der Waals surface area contributed by atoms with Crippen molar-refractivity contribution < 1.29 is 15.4 Å². The van der Waals surface area contributed by atoms with E-state index in [9.17, 15) is 0 Å². The maximum absolute atomic E-state index is 7.62. The van der Waals surface area contributed by atoms with E-state index in [2.05, 4.69) is 33.8 Å². The molecule has 0 aliphatic carbocycles. The van der Waals surface area contributed by atoms with E-state index in [4.69, 9.17) is 22.1 Å². The molecule has 0 aliphatic heterocycles. The molecule has 0 aromatic carbocycles. The van der Waals surface area contributed by atoms with Gasteiger partial charge in [-0.2, -0.15) is 0 Å². The van der Waals surface area contributed by atoms with Crippen LogP contribution in [0.5, 0.6) is 0 Å². The molecule has 15 heavy (non-hydrogen) atoms. The van der Waals surface area contributed by atoms with Gasteiger partial charge in [-0.1, -0.05) is 7.43 Å². The minimum absolute atomic E-state index is 0. The number of rotatable bonds is 4. The SMILES string of the molecule is C.[N-]=[N+]=[N][Cu][N]=[N+]=[N-].[N-]=[N+]=[N][Pb][N]=[N+]=[N-]. The van der Waals surface area contributed by atoms with Gasteiger partial charge in [0.05, 0.1) is 0 Å². The summed E-state index contributed by atoms with van der Waals surface area (Å²) < 4.78 is 11.9. The maximum atomic E-state index is 7.62. The summed E-state index contributed by atoms with van der Waals surface area (Å²) in [6.45, 7) is 0. The first-order valence-corrected chi connectivity index (χ1v) is 6.64. The number of nitrogens with zero attached hydrogens (tertiary/aromatic N) is 12. The van der Waals surface area contributed by atoms with Crippen molar-refractivity contribution in [2.75, 3.05) is 0 Å². The first-order chi connectivity index (χ1) is 6.83. The van der Waals surface area contributed by atoms with Crippen LogP contribution in [0.15, 0.2) is 14.1 Å². The Morgan fingerprint density at radius 3 is 1.47 bits per heavy atom. The van der Waals surface area contributed by atoms with Crippen molar-refractivity contribution in [1.82, 2.24) is 0 Å². The Morgan fingerprint density at radius 2 is 1.20 bits per heavy atom. The standard InChI is InChI=1S/CH4.Cu.4N3.Pb/c;;4*1-3-2;/h1H4;;;;;;/q;+2;4*-1;+2. The topological polar surface area (TPSA) is 195 Å². The molecule has 12 nitrogen and oxygen atoms in total. The fourth-order valence-electron chi connectivity index (χ4n) is 0.0962. The first-order valence-electron chi connectivity index (χ1n) is 2.32. The molecular formula is CH4CuN12Pb. The van der Waals surface area contributed by atoms with E-state index in [1.807, 2.05) is 0 Å². The van der Waals surface area contributed by atoms with Crippen LogP contribution in [0.2, 0.25) is 0 Å². The normalized spacial score (nSPS) is 5.60. The Morgan fingerprint density at radius 1 is 0.800 bits per heavy atom. The molecule has 14 heteroatoms. The van der Waals surface area contributed by atoms with Gasteiger partial charge >= 0.3 is 96.1 Å². The van der Waals surface area contributed by atoms with Gasteiger partial charge in [0.2, 0.25) is 0 Å². The van der Waals surface area contributed by atoms with Gasteiger partial charge in [-0.05, 0) is 0 Å². The fraction of sp³-hybridized carbons (Fsp3) is 1.00. The van der Waals surface area contributed by atoms with E-state index in [-0.39, 0.29) is 7.43 Å². The monoisotopic (exact) mass is 455 g/mol. The first kappa shape index (κ1) is 19.3. The quantitative estimate of drug-likeness (QED) is 0.260. The van der Waals surface area contributed by atoms with Crippen LogP contribution in [0.3, 0.4) is 0 Å². The van der Waals surface area contributed by atoms with Gasteiger partial charge in [-0.3, -0.25) is 0 Å². The van der Waals surface area contributed by atoms with Crippen LogP contribution >= 0.6 is 0 Å². The Kier molecular flexibility index (Phi) is 29.5. The molecule has 0 fully saturated rings. The predicted molar refractivity (Wildman–Crippen MR) is 49.1 cm³/mol.